The van der Waals surface area contributed by atoms with Crippen molar-refractivity contribution in [1.82, 2.24) is 20.0 Å². The van der Waals surface area contributed by atoms with Crippen LogP contribution >= 0.6 is 0 Å². The third-order valence-corrected chi connectivity index (χ3v) is 4.52. The summed E-state index contributed by atoms with van der Waals surface area (Å²) in [4.78, 5) is 13.5. The number of benzene rings is 1. The second-order valence-corrected chi connectivity index (χ2v) is 6.08. The molecule has 0 atom stereocenters. The third-order valence-electron chi connectivity index (χ3n) is 4.52. The summed E-state index contributed by atoms with van der Waals surface area (Å²) in [5, 5.41) is 4.96. The van der Waals surface area contributed by atoms with E-state index in [1.807, 2.05) is 13.0 Å². The molecular weight excluding hydrogens is 314 g/mol. The predicted octanol–water partition coefficient (Wildman–Crippen LogP) is 3.27. The highest BCUT2D eigenvalue weighted by atomic mass is 16.5. The SMILES string of the molecule is CCN(CC)CCN(Cc1ccccc1)c1ncnc2onc(C)c12. The highest BCUT2D eigenvalue weighted by molar-refractivity contribution is 5.87. The lowest BCUT2D eigenvalue weighted by Crippen LogP contribution is -2.35. The average Bonchev–Trinajstić information content (AvgIpc) is 3.04. The minimum atomic E-state index is 0.545. The normalized spacial score (nSPS) is 11.4. The minimum Gasteiger partial charge on any atom is -0.350 e. The molecule has 25 heavy (non-hydrogen) atoms. The van der Waals surface area contributed by atoms with Crippen LogP contribution in [0.5, 0.6) is 0 Å². The van der Waals surface area contributed by atoms with Crippen molar-refractivity contribution in [2.75, 3.05) is 31.1 Å². The maximum absolute atomic E-state index is 5.32. The molecule has 3 rings (SSSR count). The van der Waals surface area contributed by atoms with Crippen LogP contribution in [0, 0.1) is 6.92 Å². The van der Waals surface area contributed by atoms with Crippen molar-refractivity contribution in [3.63, 3.8) is 0 Å². The van der Waals surface area contributed by atoms with Crippen LogP contribution in [0.4, 0.5) is 5.82 Å². The zero-order chi connectivity index (χ0) is 17.6. The van der Waals surface area contributed by atoms with Gasteiger partial charge in [0.1, 0.15) is 17.5 Å². The molecule has 132 valence electrons. The van der Waals surface area contributed by atoms with Crippen LogP contribution in [-0.4, -0.2) is 46.2 Å². The second kappa shape index (κ2) is 8.07. The number of fused-ring (bicyclic) bond motifs is 1. The van der Waals surface area contributed by atoms with E-state index in [-0.39, 0.29) is 0 Å². The molecule has 0 fully saturated rings. The van der Waals surface area contributed by atoms with Crippen LogP contribution in [0.25, 0.3) is 11.1 Å². The van der Waals surface area contributed by atoms with Gasteiger partial charge in [0, 0.05) is 19.6 Å². The predicted molar refractivity (Wildman–Crippen MR) is 99.6 cm³/mol. The van der Waals surface area contributed by atoms with E-state index >= 15 is 0 Å². The molecule has 0 aliphatic rings. The molecule has 0 saturated carbocycles. The molecule has 6 heteroatoms. The molecule has 3 aromatic rings. The summed E-state index contributed by atoms with van der Waals surface area (Å²) in [6.07, 6.45) is 1.55. The van der Waals surface area contributed by atoms with E-state index in [0.29, 0.717) is 5.71 Å². The zero-order valence-corrected chi connectivity index (χ0v) is 15.1. The summed E-state index contributed by atoms with van der Waals surface area (Å²) >= 11 is 0. The molecule has 0 N–H and O–H groups in total. The summed E-state index contributed by atoms with van der Waals surface area (Å²) in [6.45, 7) is 11.1. The summed E-state index contributed by atoms with van der Waals surface area (Å²) in [5.74, 6) is 0.889. The highest BCUT2D eigenvalue weighted by Crippen LogP contribution is 2.27. The van der Waals surface area contributed by atoms with Gasteiger partial charge in [0.2, 0.25) is 0 Å². The van der Waals surface area contributed by atoms with Crippen LogP contribution in [0.2, 0.25) is 0 Å². The van der Waals surface area contributed by atoms with E-state index < -0.39 is 0 Å². The fourth-order valence-corrected chi connectivity index (χ4v) is 3.01. The van der Waals surface area contributed by atoms with E-state index in [9.17, 15) is 0 Å². The van der Waals surface area contributed by atoms with Gasteiger partial charge < -0.3 is 14.3 Å². The topological polar surface area (TPSA) is 58.3 Å². The van der Waals surface area contributed by atoms with Gasteiger partial charge in [-0.2, -0.15) is 4.98 Å². The van der Waals surface area contributed by atoms with Crippen LogP contribution in [0.1, 0.15) is 25.1 Å². The maximum Gasteiger partial charge on any atom is 0.263 e. The highest BCUT2D eigenvalue weighted by Gasteiger charge is 2.18. The number of likely N-dealkylation sites (N-methyl/N-ethyl adjacent to an activating group) is 1. The largest absolute Gasteiger partial charge is 0.350 e. The second-order valence-electron chi connectivity index (χ2n) is 6.08. The van der Waals surface area contributed by atoms with Crippen molar-refractivity contribution in [2.45, 2.75) is 27.3 Å². The average molecular weight is 339 g/mol. The summed E-state index contributed by atoms with van der Waals surface area (Å²) in [7, 11) is 0. The van der Waals surface area contributed by atoms with Crippen molar-refractivity contribution < 1.29 is 4.52 Å². The standard InChI is InChI=1S/C19H25N5O/c1-4-23(5-2)11-12-24(13-16-9-7-6-8-10-16)18-17-15(3)22-25-19(17)21-14-20-18/h6-10,14H,4-5,11-13H2,1-3H3. The molecule has 0 aliphatic heterocycles. The number of aryl methyl sites for hydroxylation is 1. The molecule has 0 unspecified atom stereocenters. The number of nitrogens with zero attached hydrogens (tertiary/aromatic N) is 5. The first-order valence-corrected chi connectivity index (χ1v) is 8.81. The van der Waals surface area contributed by atoms with E-state index in [1.165, 1.54) is 5.56 Å². The Bertz CT molecular complexity index is 798. The quantitative estimate of drug-likeness (QED) is 0.628. The minimum absolute atomic E-state index is 0.545. The van der Waals surface area contributed by atoms with Gasteiger partial charge in [-0.25, -0.2) is 4.98 Å². The van der Waals surface area contributed by atoms with Gasteiger partial charge in [0.25, 0.3) is 5.71 Å². The molecule has 1 aromatic carbocycles. The van der Waals surface area contributed by atoms with Gasteiger partial charge in [-0.3, -0.25) is 0 Å². The van der Waals surface area contributed by atoms with Crippen molar-refractivity contribution in [1.29, 1.82) is 0 Å². The lowest BCUT2D eigenvalue weighted by atomic mass is 10.2. The fraction of sp³-hybridized carbons (Fsp3) is 0.421. The zero-order valence-electron chi connectivity index (χ0n) is 15.1. The van der Waals surface area contributed by atoms with Gasteiger partial charge in [-0.1, -0.05) is 49.3 Å². The number of hydrogen-bond donors (Lipinski definition) is 0. The summed E-state index contributed by atoms with van der Waals surface area (Å²) in [6, 6.07) is 10.5. The van der Waals surface area contributed by atoms with Crippen LogP contribution in [0.3, 0.4) is 0 Å². The monoisotopic (exact) mass is 339 g/mol. The first kappa shape index (κ1) is 17.4. The van der Waals surface area contributed by atoms with Gasteiger partial charge in [-0.05, 0) is 25.6 Å². The summed E-state index contributed by atoms with van der Waals surface area (Å²) < 4.78 is 5.32. The Balaban J connectivity index is 1.93. The lowest BCUT2D eigenvalue weighted by molar-refractivity contribution is 0.309. The molecular formula is C19H25N5O. The van der Waals surface area contributed by atoms with Gasteiger partial charge in [-0.15, -0.1) is 0 Å². The molecule has 0 saturated heterocycles. The van der Waals surface area contributed by atoms with Crippen molar-refractivity contribution in [3.05, 3.63) is 47.9 Å². The Morgan fingerprint density at radius 3 is 2.48 bits per heavy atom. The van der Waals surface area contributed by atoms with Crippen molar-refractivity contribution in [2.24, 2.45) is 0 Å². The van der Waals surface area contributed by atoms with Gasteiger partial charge in [0.05, 0.1) is 5.69 Å². The molecule has 2 aromatic heterocycles. The Hall–Kier alpha value is -2.47. The molecule has 0 bridgehead atoms. The third kappa shape index (κ3) is 3.96. The fourth-order valence-electron chi connectivity index (χ4n) is 3.01. The lowest BCUT2D eigenvalue weighted by Gasteiger charge is -2.27. The van der Waals surface area contributed by atoms with E-state index in [2.05, 4.69) is 63.0 Å². The van der Waals surface area contributed by atoms with Crippen LogP contribution < -0.4 is 4.90 Å². The smallest absolute Gasteiger partial charge is 0.263 e. The van der Waals surface area contributed by atoms with Crippen molar-refractivity contribution in [3.8, 4) is 0 Å². The summed E-state index contributed by atoms with van der Waals surface area (Å²) in [5.41, 5.74) is 2.62. The molecule has 0 radical (unpaired) electrons. The van der Waals surface area contributed by atoms with Crippen LogP contribution in [-0.2, 0) is 6.54 Å². The first-order valence-electron chi connectivity index (χ1n) is 8.81. The van der Waals surface area contributed by atoms with Crippen molar-refractivity contribution >= 4 is 16.9 Å². The number of aromatic nitrogens is 3. The van der Waals surface area contributed by atoms with E-state index in [1.54, 1.807) is 6.33 Å². The Morgan fingerprint density at radius 1 is 1.00 bits per heavy atom. The molecule has 6 nitrogen and oxygen atoms in total. The number of rotatable bonds is 8. The van der Waals surface area contributed by atoms with Gasteiger partial charge >= 0.3 is 0 Å². The molecule has 0 aliphatic carbocycles. The van der Waals surface area contributed by atoms with Gasteiger partial charge in [0.15, 0.2) is 0 Å². The maximum atomic E-state index is 5.32. The van der Waals surface area contributed by atoms with E-state index in [4.69, 9.17) is 4.52 Å². The van der Waals surface area contributed by atoms with E-state index in [0.717, 1.165) is 49.6 Å². The first-order chi connectivity index (χ1) is 12.2. The van der Waals surface area contributed by atoms with Crippen LogP contribution in [0.15, 0.2) is 41.2 Å². The Labute approximate surface area is 148 Å². The molecule has 0 amide bonds. The molecule has 0 spiro atoms. The number of anilines is 1. The molecule has 2 heterocycles. The Kier molecular flexibility index (Phi) is 5.60. The Morgan fingerprint density at radius 2 is 1.76 bits per heavy atom. The number of hydrogen-bond acceptors (Lipinski definition) is 6.